The first-order valence-electron chi connectivity index (χ1n) is 7.14. The zero-order valence-electron chi connectivity index (χ0n) is 13.7. The molecule has 2 N–H and O–H groups in total. The van der Waals surface area contributed by atoms with Gasteiger partial charge >= 0.3 is 5.97 Å². The van der Waals surface area contributed by atoms with Crippen molar-refractivity contribution in [3.63, 3.8) is 0 Å². The van der Waals surface area contributed by atoms with Crippen molar-refractivity contribution in [1.82, 2.24) is 5.32 Å². The Balaban J connectivity index is 2.88. The van der Waals surface area contributed by atoms with Gasteiger partial charge in [0.05, 0.1) is 32.5 Å². The zero-order chi connectivity index (χ0) is 18.1. The Hall–Kier alpha value is -2.25. The quantitative estimate of drug-likeness (QED) is 0.539. The fraction of sp³-hybridized carbons (Fsp3) is 0.375. The van der Waals surface area contributed by atoms with Crippen molar-refractivity contribution in [2.75, 3.05) is 27.4 Å². The van der Waals surface area contributed by atoms with Crippen LogP contribution in [0.5, 0.6) is 11.5 Å². The van der Waals surface area contributed by atoms with Gasteiger partial charge in [-0.1, -0.05) is 11.6 Å². The lowest BCUT2D eigenvalue weighted by atomic mass is 10.2. The number of carbonyl (C=O) groups is 2. The maximum Gasteiger partial charge on any atom is 0.330 e. The minimum Gasteiger partial charge on any atom is -0.493 e. The molecule has 1 atom stereocenters. The molecule has 7 nitrogen and oxygen atoms in total. The van der Waals surface area contributed by atoms with E-state index in [2.05, 4.69) is 10.1 Å². The van der Waals surface area contributed by atoms with Gasteiger partial charge in [-0.2, -0.15) is 0 Å². The minimum absolute atomic E-state index is 0.346. The van der Waals surface area contributed by atoms with E-state index in [-0.39, 0.29) is 0 Å². The lowest BCUT2D eigenvalue weighted by Gasteiger charge is -2.13. The standard InChI is InChI=1S/C16H20ClNO6/c1-4-24-15-11(17)7-10(8-13(15)22-2)5-6-14(20)18-12(9-19)16(21)23-3/h5-8,12,19H,4,9H2,1-3H3,(H,18,20)/b6-5+/t12-/m1/s1. The molecule has 0 spiro atoms. The van der Waals surface area contributed by atoms with Crippen LogP contribution >= 0.6 is 11.6 Å². The third-order valence-electron chi connectivity index (χ3n) is 2.95. The molecule has 0 heterocycles. The Morgan fingerprint density at radius 2 is 2.08 bits per heavy atom. The smallest absolute Gasteiger partial charge is 0.330 e. The van der Waals surface area contributed by atoms with E-state index in [0.29, 0.717) is 28.7 Å². The molecule has 24 heavy (non-hydrogen) atoms. The van der Waals surface area contributed by atoms with Crippen molar-refractivity contribution in [3.05, 3.63) is 28.8 Å². The summed E-state index contributed by atoms with van der Waals surface area (Å²) in [6.45, 7) is 1.70. The van der Waals surface area contributed by atoms with Crippen molar-refractivity contribution in [2.45, 2.75) is 13.0 Å². The largest absolute Gasteiger partial charge is 0.493 e. The van der Waals surface area contributed by atoms with Crippen LogP contribution < -0.4 is 14.8 Å². The van der Waals surface area contributed by atoms with Crippen LogP contribution in [0.1, 0.15) is 12.5 Å². The second-order valence-corrected chi connectivity index (χ2v) is 4.97. The van der Waals surface area contributed by atoms with Crippen LogP contribution in [0.25, 0.3) is 6.08 Å². The van der Waals surface area contributed by atoms with Gasteiger partial charge in [-0.3, -0.25) is 4.79 Å². The summed E-state index contributed by atoms with van der Waals surface area (Å²) in [5.74, 6) is -0.435. The summed E-state index contributed by atoms with van der Waals surface area (Å²) in [6, 6.07) is 2.15. The van der Waals surface area contributed by atoms with Crippen LogP contribution in [0.4, 0.5) is 0 Å². The monoisotopic (exact) mass is 357 g/mol. The van der Waals surface area contributed by atoms with Crippen molar-refractivity contribution in [2.24, 2.45) is 0 Å². The van der Waals surface area contributed by atoms with E-state index in [9.17, 15) is 9.59 Å². The minimum atomic E-state index is -1.12. The first kappa shape index (κ1) is 19.8. The fourth-order valence-corrected chi connectivity index (χ4v) is 2.11. The van der Waals surface area contributed by atoms with E-state index in [0.717, 1.165) is 0 Å². The summed E-state index contributed by atoms with van der Waals surface area (Å²) in [7, 11) is 2.65. The fourth-order valence-electron chi connectivity index (χ4n) is 1.83. The number of ether oxygens (including phenoxy) is 3. The Bertz CT molecular complexity index is 617. The van der Waals surface area contributed by atoms with Gasteiger partial charge in [0, 0.05) is 6.08 Å². The number of amides is 1. The molecule has 8 heteroatoms. The van der Waals surface area contributed by atoms with Crippen LogP contribution in [-0.2, 0) is 14.3 Å². The molecule has 0 aliphatic rings. The number of methoxy groups -OCH3 is 2. The Morgan fingerprint density at radius 1 is 1.38 bits per heavy atom. The van der Waals surface area contributed by atoms with E-state index in [4.69, 9.17) is 26.2 Å². The maximum absolute atomic E-state index is 11.8. The molecule has 0 saturated carbocycles. The molecule has 0 unspecified atom stereocenters. The van der Waals surface area contributed by atoms with Gasteiger partial charge in [-0.15, -0.1) is 0 Å². The van der Waals surface area contributed by atoms with Gasteiger partial charge in [0.1, 0.15) is 0 Å². The van der Waals surface area contributed by atoms with Crippen LogP contribution in [0, 0.1) is 0 Å². The average Bonchev–Trinajstić information content (AvgIpc) is 2.58. The van der Waals surface area contributed by atoms with Crippen molar-refractivity contribution in [3.8, 4) is 11.5 Å². The summed E-state index contributed by atoms with van der Waals surface area (Å²) < 4.78 is 15.1. The molecule has 0 aromatic heterocycles. The van der Waals surface area contributed by atoms with Gasteiger partial charge in [0.2, 0.25) is 5.91 Å². The number of nitrogens with one attached hydrogen (secondary N) is 1. The summed E-state index contributed by atoms with van der Waals surface area (Å²) in [4.78, 5) is 23.1. The zero-order valence-corrected chi connectivity index (χ0v) is 14.4. The highest BCUT2D eigenvalue weighted by atomic mass is 35.5. The summed E-state index contributed by atoms with van der Waals surface area (Å²) in [6.07, 6.45) is 2.70. The van der Waals surface area contributed by atoms with Crippen LogP contribution in [-0.4, -0.2) is 50.5 Å². The maximum atomic E-state index is 11.8. The molecule has 0 bridgehead atoms. The van der Waals surface area contributed by atoms with Crippen molar-refractivity contribution < 1.29 is 28.9 Å². The molecule has 132 valence electrons. The number of rotatable bonds is 8. The predicted molar refractivity (Wildman–Crippen MR) is 89.2 cm³/mol. The van der Waals surface area contributed by atoms with E-state index in [1.165, 1.54) is 26.4 Å². The first-order chi connectivity index (χ1) is 11.5. The topological polar surface area (TPSA) is 94.1 Å². The highest BCUT2D eigenvalue weighted by Crippen LogP contribution is 2.36. The van der Waals surface area contributed by atoms with Gasteiger partial charge in [0.15, 0.2) is 17.5 Å². The lowest BCUT2D eigenvalue weighted by molar-refractivity contribution is -0.145. The third kappa shape index (κ3) is 5.43. The molecule has 0 saturated heterocycles. The van der Waals surface area contributed by atoms with E-state index in [1.54, 1.807) is 12.1 Å². The first-order valence-corrected chi connectivity index (χ1v) is 7.52. The lowest BCUT2D eigenvalue weighted by Crippen LogP contribution is -2.43. The highest BCUT2D eigenvalue weighted by molar-refractivity contribution is 6.32. The number of hydrogen-bond donors (Lipinski definition) is 2. The molecule has 0 radical (unpaired) electrons. The summed E-state index contributed by atoms with van der Waals surface area (Å²) >= 11 is 6.14. The Kier molecular flexibility index (Phi) is 8.08. The molecule has 0 fully saturated rings. The van der Waals surface area contributed by atoms with Crippen LogP contribution in [0.15, 0.2) is 18.2 Å². The number of hydrogen-bond acceptors (Lipinski definition) is 6. The van der Waals surface area contributed by atoms with Gasteiger partial charge in [0.25, 0.3) is 0 Å². The van der Waals surface area contributed by atoms with E-state index < -0.39 is 24.5 Å². The number of carbonyl (C=O) groups excluding carboxylic acids is 2. The van der Waals surface area contributed by atoms with Gasteiger partial charge in [-0.05, 0) is 30.7 Å². The number of aliphatic hydroxyl groups is 1. The second-order valence-electron chi connectivity index (χ2n) is 4.57. The molecular weight excluding hydrogens is 338 g/mol. The van der Waals surface area contributed by atoms with Crippen molar-refractivity contribution >= 4 is 29.6 Å². The molecule has 0 aliphatic carbocycles. The SMILES string of the molecule is CCOc1c(Cl)cc(/C=C/C(=O)N[C@H](CO)C(=O)OC)cc1OC. The molecular formula is C16H20ClNO6. The van der Waals surface area contributed by atoms with Crippen molar-refractivity contribution in [1.29, 1.82) is 0 Å². The highest BCUT2D eigenvalue weighted by Gasteiger charge is 2.19. The normalized spacial score (nSPS) is 11.9. The Labute approximate surface area is 145 Å². The molecule has 1 amide bonds. The van der Waals surface area contributed by atoms with Crippen LogP contribution in [0.2, 0.25) is 5.02 Å². The van der Waals surface area contributed by atoms with Gasteiger partial charge in [-0.25, -0.2) is 4.79 Å². The molecule has 1 aromatic rings. The number of aliphatic hydroxyl groups excluding tert-OH is 1. The molecule has 1 rings (SSSR count). The number of halogens is 1. The third-order valence-corrected chi connectivity index (χ3v) is 3.23. The van der Waals surface area contributed by atoms with Crippen LogP contribution in [0.3, 0.4) is 0 Å². The molecule has 1 aromatic carbocycles. The van der Waals surface area contributed by atoms with Gasteiger partial charge < -0.3 is 24.6 Å². The summed E-state index contributed by atoms with van der Waals surface area (Å²) in [5, 5.41) is 11.7. The van der Waals surface area contributed by atoms with E-state index >= 15 is 0 Å². The predicted octanol–water partition coefficient (Wildman–Crippen LogP) is 1.41. The molecule has 0 aliphatic heterocycles. The summed E-state index contributed by atoms with van der Waals surface area (Å²) in [5.41, 5.74) is 0.606. The number of benzene rings is 1. The van der Waals surface area contributed by atoms with E-state index in [1.807, 2.05) is 6.92 Å². The second kappa shape index (κ2) is 9.79. The average molecular weight is 358 g/mol. The number of esters is 1. The Morgan fingerprint density at radius 3 is 2.62 bits per heavy atom.